The van der Waals surface area contributed by atoms with Crippen molar-refractivity contribution in [1.29, 1.82) is 0 Å². The summed E-state index contributed by atoms with van der Waals surface area (Å²) in [6.07, 6.45) is 4.73. The lowest BCUT2D eigenvalue weighted by Gasteiger charge is -2.07. The number of hydrogen-bond acceptors (Lipinski definition) is 4. The van der Waals surface area contributed by atoms with Gasteiger partial charge in [-0.05, 0) is 18.2 Å². The summed E-state index contributed by atoms with van der Waals surface area (Å²) in [4.78, 5) is 15.8. The zero-order valence-electron chi connectivity index (χ0n) is 13.0. The number of benzene rings is 2. The van der Waals surface area contributed by atoms with Crippen LogP contribution < -0.4 is 0 Å². The summed E-state index contributed by atoms with van der Waals surface area (Å²) in [6, 6.07) is 15.5. The molecule has 0 radical (unpaired) electrons. The van der Waals surface area contributed by atoms with Crippen LogP contribution in [-0.4, -0.2) is 25.8 Å². The van der Waals surface area contributed by atoms with E-state index in [9.17, 15) is 5.11 Å². The molecule has 0 bridgehead atoms. The largest absolute Gasteiger partial charge is 0.494 e. The summed E-state index contributed by atoms with van der Waals surface area (Å²) < 4.78 is 0.927. The van der Waals surface area contributed by atoms with Crippen molar-refractivity contribution in [1.82, 2.24) is 15.0 Å². The van der Waals surface area contributed by atoms with Crippen LogP contribution in [-0.2, 0) is 0 Å². The molecule has 25 heavy (non-hydrogen) atoms. The molecule has 0 aliphatic heterocycles. The Kier molecular flexibility index (Phi) is 4.03. The average Bonchev–Trinajstić information content (AvgIpc) is 2.96. The first-order valence-electron chi connectivity index (χ1n) is 7.62. The van der Waals surface area contributed by atoms with Crippen LogP contribution in [0.1, 0.15) is 11.1 Å². The third-order valence-corrected chi connectivity index (χ3v) is 4.31. The Morgan fingerprint density at radius 3 is 2.56 bits per heavy atom. The molecular formula is C19H13BrN4O. The lowest BCUT2D eigenvalue weighted by Crippen LogP contribution is -2.03. The van der Waals surface area contributed by atoms with Gasteiger partial charge in [-0.2, -0.15) is 0 Å². The lowest BCUT2D eigenvalue weighted by molar-refractivity contribution is 0.457. The first kappa shape index (κ1) is 15.5. The van der Waals surface area contributed by atoms with Gasteiger partial charge in [0.25, 0.3) is 0 Å². The summed E-state index contributed by atoms with van der Waals surface area (Å²) in [6.45, 7) is 0. The van der Waals surface area contributed by atoms with Crippen molar-refractivity contribution in [3.8, 4) is 5.88 Å². The SMILES string of the molecule is Oc1[nH]c2ccc(Br)cc2c1C(=Nc1cncnc1)c1ccccc1. The number of rotatable bonds is 3. The minimum atomic E-state index is 0.0764. The fourth-order valence-electron chi connectivity index (χ4n) is 2.73. The second-order valence-electron chi connectivity index (χ2n) is 5.46. The molecule has 0 fully saturated rings. The van der Waals surface area contributed by atoms with Gasteiger partial charge in [0.05, 0.1) is 23.7 Å². The van der Waals surface area contributed by atoms with Gasteiger partial charge in [-0.15, -0.1) is 0 Å². The lowest BCUT2D eigenvalue weighted by atomic mass is 10.0. The van der Waals surface area contributed by atoms with Gasteiger partial charge in [-0.1, -0.05) is 46.3 Å². The smallest absolute Gasteiger partial charge is 0.199 e. The van der Waals surface area contributed by atoms with E-state index in [0.29, 0.717) is 17.0 Å². The number of aromatic hydroxyl groups is 1. The highest BCUT2D eigenvalue weighted by molar-refractivity contribution is 9.10. The summed E-state index contributed by atoms with van der Waals surface area (Å²) in [5.74, 6) is 0.0764. The van der Waals surface area contributed by atoms with E-state index in [1.807, 2.05) is 48.5 Å². The van der Waals surface area contributed by atoms with Crippen LogP contribution in [0.2, 0.25) is 0 Å². The Bertz CT molecular complexity index is 1060. The van der Waals surface area contributed by atoms with Crippen LogP contribution >= 0.6 is 15.9 Å². The number of H-pyrrole nitrogens is 1. The van der Waals surface area contributed by atoms with Crippen molar-refractivity contribution in [2.45, 2.75) is 0 Å². The first-order chi connectivity index (χ1) is 12.2. The summed E-state index contributed by atoms with van der Waals surface area (Å²) >= 11 is 3.49. The number of nitrogens with one attached hydrogen (secondary N) is 1. The molecule has 0 aliphatic carbocycles. The van der Waals surface area contributed by atoms with Crippen LogP contribution in [0.4, 0.5) is 5.69 Å². The van der Waals surface area contributed by atoms with Gasteiger partial charge in [-0.25, -0.2) is 15.0 Å². The van der Waals surface area contributed by atoms with Crippen molar-refractivity contribution in [3.05, 3.63) is 82.9 Å². The van der Waals surface area contributed by atoms with Crippen LogP contribution in [0.5, 0.6) is 5.88 Å². The van der Waals surface area contributed by atoms with E-state index in [4.69, 9.17) is 4.99 Å². The number of halogens is 1. The van der Waals surface area contributed by atoms with Crippen LogP contribution in [0, 0.1) is 0 Å². The Balaban J connectivity index is 2.01. The number of aliphatic imine (C=N–C) groups is 1. The third-order valence-electron chi connectivity index (χ3n) is 3.81. The van der Waals surface area contributed by atoms with Gasteiger partial charge in [0.15, 0.2) is 5.88 Å². The van der Waals surface area contributed by atoms with Crippen molar-refractivity contribution >= 4 is 38.2 Å². The maximum atomic E-state index is 10.6. The van der Waals surface area contributed by atoms with E-state index in [1.54, 1.807) is 12.4 Å². The fraction of sp³-hybridized carbons (Fsp3) is 0. The fourth-order valence-corrected chi connectivity index (χ4v) is 3.09. The van der Waals surface area contributed by atoms with Crippen LogP contribution in [0.15, 0.2) is 76.7 Å². The van der Waals surface area contributed by atoms with Crippen molar-refractivity contribution < 1.29 is 5.11 Å². The Hall–Kier alpha value is -2.99. The standard InChI is InChI=1S/C19H13BrN4O/c20-13-6-7-16-15(8-13)17(19(25)24-16)18(12-4-2-1-3-5-12)23-14-9-21-11-22-10-14/h1-11,24-25H. The Morgan fingerprint density at radius 2 is 1.80 bits per heavy atom. The topological polar surface area (TPSA) is 74.2 Å². The molecular weight excluding hydrogens is 380 g/mol. The second kappa shape index (κ2) is 6.49. The zero-order chi connectivity index (χ0) is 17.2. The van der Waals surface area contributed by atoms with E-state index in [-0.39, 0.29) is 5.88 Å². The molecule has 0 aliphatic rings. The molecule has 0 saturated heterocycles. The molecule has 2 heterocycles. The molecule has 2 N–H and O–H groups in total. The molecule has 0 unspecified atom stereocenters. The Labute approximate surface area is 152 Å². The van der Waals surface area contributed by atoms with E-state index in [2.05, 4.69) is 30.9 Å². The van der Waals surface area contributed by atoms with Crippen LogP contribution in [0.3, 0.4) is 0 Å². The molecule has 5 nitrogen and oxygen atoms in total. The molecule has 4 aromatic rings. The minimum absolute atomic E-state index is 0.0764. The van der Waals surface area contributed by atoms with Gasteiger partial charge in [0, 0.05) is 20.9 Å². The highest BCUT2D eigenvalue weighted by atomic mass is 79.9. The van der Waals surface area contributed by atoms with E-state index in [1.165, 1.54) is 6.33 Å². The predicted molar refractivity (Wildman–Crippen MR) is 101 cm³/mol. The molecule has 0 saturated carbocycles. The second-order valence-corrected chi connectivity index (χ2v) is 6.38. The molecule has 4 rings (SSSR count). The molecule has 2 aromatic heterocycles. The number of hydrogen-bond donors (Lipinski definition) is 2. The van der Waals surface area contributed by atoms with Crippen LogP contribution in [0.25, 0.3) is 10.9 Å². The Morgan fingerprint density at radius 1 is 1.04 bits per heavy atom. The number of aromatic amines is 1. The third kappa shape index (κ3) is 3.04. The average molecular weight is 393 g/mol. The van der Waals surface area contributed by atoms with Gasteiger partial charge in [-0.3, -0.25) is 0 Å². The van der Waals surface area contributed by atoms with Crippen molar-refractivity contribution in [2.24, 2.45) is 4.99 Å². The number of aromatic nitrogens is 3. The normalized spacial score (nSPS) is 11.8. The first-order valence-corrected chi connectivity index (χ1v) is 8.41. The molecule has 6 heteroatoms. The van der Waals surface area contributed by atoms with Gasteiger partial charge < -0.3 is 10.1 Å². The molecule has 0 amide bonds. The van der Waals surface area contributed by atoms with E-state index < -0.39 is 0 Å². The number of nitrogens with zero attached hydrogens (tertiary/aromatic N) is 3. The summed E-state index contributed by atoms with van der Waals surface area (Å²) in [5.41, 5.74) is 3.64. The van der Waals surface area contributed by atoms with Gasteiger partial charge >= 0.3 is 0 Å². The molecule has 122 valence electrons. The van der Waals surface area contributed by atoms with E-state index in [0.717, 1.165) is 20.9 Å². The molecule has 0 atom stereocenters. The van der Waals surface area contributed by atoms with Crippen molar-refractivity contribution in [2.75, 3.05) is 0 Å². The van der Waals surface area contributed by atoms with Gasteiger partial charge in [0.2, 0.25) is 0 Å². The maximum absolute atomic E-state index is 10.6. The zero-order valence-corrected chi connectivity index (χ0v) is 14.6. The predicted octanol–water partition coefficient (Wildman–Crippen LogP) is 4.60. The highest BCUT2D eigenvalue weighted by Crippen LogP contribution is 2.32. The maximum Gasteiger partial charge on any atom is 0.199 e. The van der Waals surface area contributed by atoms with E-state index >= 15 is 0 Å². The molecule has 0 spiro atoms. The summed E-state index contributed by atoms with van der Waals surface area (Å²) in [7, 11) is 0. The highest BCUT2D eigenvalue weighted by Gasteiger charge is 2.18. The number of fused-ring (bicyclic) bond motifs is 1. The minimum Gasteiger partial charge on any atom is -0.494 e. The van der Waals surface area contributed by atoms with Crippen molar-refractivity contribution in [3.63, 3.8) is 0 Å². The molecule has 2 aromatic carbocycles. The summed E-state index contributed by atoms with van der Waals surface area (Å²) in [5, 5.41) is 11.4. The quantitative estimate of drug-likeness (QED) is 0.500. The monoisotopic (exact) mass is 392 g/mol. The van der Waals surface area contributed by atoms with Gasteiger partial charge in [0.1, 0.15) is 12.0 Å².